The number of rotatable bonds is 18. The van der Waals surface area contributed by atoms with Crippen molar-refractivity contribution < 1.29 is 22.9 Å². The fourth-order valence-electron chi connectivity index (χ4n) is 4.57. The molecule has 0 bridgehead atoms. The molecule has 2 fully saturated rings. The summed E-state index contributed by atoms with van der Waals surface area (Å²) in [6.45, 7) is 2.02. The van der Waals surface area contributed by atoms with E-state index in [1.54, 1.807) is 0 Å². The molecule has 2 rings (SSSR count). The fourth-order valence-corrected chi connectivity index (χ4v) is 6.68. The van der Waals surface area contributed by atoms with Gasteiger partial charge in [-0.1, -0.05) is 51.4 Å². The van der Waals surface area contributed by atoms with Gasteiger partial charge in [-0.3, -0.25) is 14.2 Å². The molecular weight excluding hydrogens is 450 g/mol. The molecule has 0 saturated carbocycles. The Morgan fingerprint density at radius 2 is 1.75 bits per heavy atom. The van der Waals surface area contributed by atoms with Crippen molar-refractivity contribution in [3.63, 3.8) is 0 Å². The molecule has 2 aliphatic heterocycles. The number of unbranched alkanes of at least 4 members (excludes halogenated alkanes) is 9. The minimum atomic E-state index is -3.81. The molecule has 4 atom stereocenters. The summed E-state index contributed by atoms with van der Waals surface area (Å²) in [4.78, 5) is 23.5. The van der Waals surface area contributed by atoms with Crippen LogP contribution >= 0.6 is 19.4 Å². The third-order valence-corrected chi connectivity index (χ3v) is 8.57. The maximum absolute atomic E-state index is 12.7. The van der Waals surface area contributed by atoms with Gasteiger partial charge in [-0.25, -0.2) is 0 Å². The largest absolute Gasteiger partial charge is 0.364 e. The average Bonchev–Trinajstić information content (AvgIpc) is 3.27. The van der Waals surface area contributed by atoms with E-state index in [1.165, 1.54) is 25.7 Å². The van der Waals surface area contributed by atoms with E-state index in [2.05, 4.69) is 15.2 Å². The van der Waals surface area contributed by atoms with Gasteiger partial charge >= 0.3 is 7.68 Å². The highest BCUT2D eigenvalue weighted by Gasteiger charge is 2.42. The van der Waals surface area contributed by atoms with Crippen molar-refractivity contribution in [3.8, 4) is 0 Å². The van der Waals surface area contributed by atoms with Crippen molar-refractivity contribution in [1.29, 1.82) is 0 Å². The number of fused-ring (bicyclic) bond motifs is 1. The Kier molecular flexibility index (Phi) is 13.3. The molecule has 2 saturated heterocycles. The van der Waals surface area contributed by atoms with E-state index in [0.717, 1.165) is 70.3 Å². The van der Waals surface area contributed by atoms with E-state index < -0.39 is 7.68 Å². The monoisotopic (exact) mass is 492 g/mol. The lowest BCUT2D eigenvalue weighted by molar-refractivity contribution is -0.121. The molecule has 6 nitrogen and oxygen atoms in total. The summed E-state index contributed by atoms with van der Waals surface area (Å²) in [6.07, 6.45) is 14.2. The first-order valence-corrected chi connectivity index (χ1v) is 15.5. The Balaban J connectivity index is 1.30. The summed E-state index contributed by atoms with van der Waals surface area (Å²) < 4.78 is 28.1. The molecular formula is C23H42FN2O4PS. The Bertz CT molecular complexity index is 619. The minimum absolute atomic E-state index is 0.163. The SMILES string of the molecule is CP(=O)(F)OCCCCCCCCCCCNC(=O)CCCCC1SCC2NC(=O)CC21. The summed E-state index contributed by atoms with van der Waals surface area (Å²) in [5, 5.41) is 6.68. The van der Waals surface area contributed by atoms with Crippen LogP contribution in [-0.2, 0) is 18.7 Å². The molecule has 2 aliphatic rings. The molecule has 186 valence electrons. The number of nitrogens with one attached hydrogen (secondary N) is 2. The molecule has 0 radical (unpaired) electrons. The predicted molar refractivity (Wildman–Crippen MR) is 130 cm³/mol. The number of hydrogen-bond acceptors (Lipinski definition) is 5. The second-order valence-corrected chi connectivity index (χ2v) is 12.3. The maximum atomic E-state index is 12.7. The van der Waals surface area contributed by atoms with Gasteiger partial charge in [-0.2, -0.15) is 16.0 Å². The lowest BCUT2D eigenvalue weighted by atomic mass is 9.94. The van der Waals surface area contributed by atoms with Crippen LogP contribution in [0.1, 0.15) is 89.9 Å². The summed E-state index contributed by atoms with van der Waals surface area (Å²) in [6, 6.07) is 0.382. The molecule has 0 spiro atoms. The summed E-state index contributed by atoms with van der Waals surface area (Å²) >= 11 is 1.98. The van der Waals surface area contributed by atoms with Crippen LogP contribution in [0.15, 0.2) is 0 Å². The highest BCUT2D eigenvalue weighted by Crippen LogP contribution is 2.44. The number of amides is 2. The highest BCUT2D eigenvalue weighted by molar-refractivity contribution is 8.00. The van der Waals surface area contributed by atoms with Crippen molar-refractivity contribution in [1.82, 2.24) is 10.6 Å². The first kappa shape index (κ1) is 27.7. The predicted octanol–water partition coefficient (Wildman–Crippen LogP) is 5.60. The Hall–Kier alpha value is -0.590. The van der Waals surface area contributed by atoms with Crippen LogP contribution in [0.2, 0.25) is 0 Å². The Morgan fingerprint density at radius 3 is 2.44 bits per heavy atom. The number of hydrogen-bond donors (Lipinski definition) is 2. The van der Waals surface area contributed by atoms with Crippen LogP contribution in [-0.4, -0.2) is 48.7 Å². The van der Waals surface area contributed by atoms with Crippen LogP contribution in [0, 0.1) is 5.92 Å². The van der Waals surface area contributed by atoms with E-state index in [1.807, 2.05) is 11.8 Å². The van der Waals surface area contributed by atoms with Crippen molar-refractivity contribution in [3.05, 3.63) is 0 Å². The molecule has 9 heteroatoms. The lowest BCUT2D eigenvalue weighted by Crippen LogP contribution is -2.29. The Labute approximate surface area is 197 Å². The van der Waals surface area contributed by atoms with Crippen LogP contribution in [0.3, 0.4) is 0 Å². The molecule has 0 aromatic heterocycles. The minimum Gasteiger partial charge on any atom is -0.356 e. The summed E-state index contributed by atoms with van der Waals surface area (Å²) in [7, 11) is -3.81. The van der Waals surface area contributed by atoms with Crippen LogP contribution in [0.5, 0.6) is 0 Å². The standard InChI is InChI=1S/C23H42FN2O4PS/c1-31(24,29)30-16-12-8-6-4-2-3-5-7-11-15-25-22(27)14-10-9-13-21-19-17-23(28)26-20(19)18-32-21/h19-21H,2-18H2,1H3,(H,25,27)(H,26,28). The molecule has 0 aliphatic carbocycles. The summed E-state index contributed by atoms with van der Waals surface area (Å²) in [5.41, 5.74) is 0. The number of carbonyl (C=O) groups excluding carboxylic acids is 2. The van der Waals surface area contributed by atoms with Gasteiger partial charge in [0.05, 0.1) is 6.61 Å². The average molecular weight is 493 g/mol. The van der Waals surface area contributed by atoms with Crippen LogP contribution in [0.4, 0.5) is 4.20 Å². The van der Waals surface area contributed by atoms with Gasteiger partial charge in [-0.05, 0) is 25.7 Å². The zero-order valence-corrected chi connectivity index (χ0v) is 21.3. The van der Waals surface area contributed by atoms with Gasteiger partial charge in [-0.15, -0.1) is 0 Å². The van der Waals surface area contributed by atoms with Crippen molar-refractivity contribution in [2.45, 2.75) is 101 Å². The molecule has 4 unspecified atom stereocenters. The van der Waals surface area contributed by atoms with Gasteiger partial charge in [0.2, 0.25) is 11.8 Å². The fraction of sp³-hybridized carbons (Fsp3) is 0.913. The first-order chi connectivity index (χ1) is 15.3. The second-order valence-electron chi connectivity index (χ2n) is 9.27. The maximum Gasteiger partial charge on any atom is 0.364 e. The van der Waals surface area contributed by atoms with E-state index in [-0.39, 0.29) is 18.4 Å². The lowest BCUT2D eigenvalue weighted by Gasteiger charge is -2.15. The van der Waals surface area contributed by atoms with Crippen molar-refractivity contribution in [2.75, 3.05) is 25.6 Å². The normalized spacial score (nSPS) is 24.2. The Morgan fingerprint density at radius 1 is 1.09 bits per heavy atom. The third kappa shape index (κ3) is 12.0. The van der Waals surface area contributed by atoms with E-state index in [4.69, 9.17) is 0 Å². The molecule has 2 heterocycles. The zero-order chi connectivity index (χ0) is 23.2. The van der Waals surface area contributed by atoms with Crippen molar-refractivity contribution >= 4 is 31.3 Å². The third-order valence-electron chi connectivity index (χ3n) is 6.36. The molecule has 0 aromatic carbocycles. The smallest absolute Gasteiger partial charge is 0.356 e. The molecule has 0 aromatic rings. The van der Waals surface area contributed by atoms with Crippen LogP contribution in [0.25, 0.3) is 0 Å². The number of halogens is 1. The van der Waals surface area contributed by atoms with Gasteiger partial charge < -0.3 is 15.2 Å². The highest BCUT2D eigenvalue weighted by atomic mass is 32.2. The van der Waals surface area contributed by atoms with Gasteiger partial charge in [0, 0.05) is 49.0 Å². The van der Waals surface area contributed by atoms with Crippen LogP contribution < -0.4 is 10.6 Å². The molecule has 2 N–H and O–H groups in total. The second kappa shape index (κ2) is 15.3. The van der Waals surface area contributed by atoms with Crippen molar-refractivity contribution in [2.24, 2.45) is 5.92 Å². The first-order valence-electron chi connectivity index (χ1n) is 12.4. The topological polar surface area (TPSA) is 84.5 Å². The van der Waals surface area contributed by atoms with E-state index in [9.17, 15) is 18.4 Å². The van der Waals surface area contributed by atoms with E-state index in [0.29, 0.717) is 30.1 Å². The molecule has 32 heavy (non-hydrogen) atoms. The zero-order valence-electron chi connectivity index (χ0n) is 19.6. The van der Waals surface area contributed by atoms with Gasteiger partial charge in [0.25, 0.3) is 0 Å². The number of thioether (sulfide) groups is 1. The van der Waals surface area contributed by atoms with Gasteiger partial charge in [0.15, 0.2) is 0 Å². The molecule has 2 amide bonds. The number of carbonyl (C=O) groups is 2. The van der Waals surface area contributed by atoms with Gasteiger partial charge in [0.1, 0.15) is 0 Å². The van der Waals surface area contributed by atoms with E-state index >= 15 is 0 Å². The quantitative estimate of drug-likeness (QED) is 0.192. The summed E-state index contributed by atoms with van der Waals surface area (Å²) in [5.74, 6) is 1.91.